The molecule has 0 saturated heterocycles. The summed E-state index contributed by atoms with van der Waals surface area (Å²) in [6.45, 7) is 2.62. The minimum absolute atomic E-state index is 0.507. The second-order valence-corrected chi connectivity index (χ2v) is 8.92. The van der Waals surface area contributed by atoms with Crippen LogP contribution in [0.3, 0.4) is 0 Å². The van der Waals surface area contributed by atoms with Crippen LogP contribution < -0.4 is 10.6 Å². The van der Waals surface area contributed by atoms with Gasteiger partial charge in [-0.15, -0.1) is 0 Å². The lowest BCUT2D eigenvalue weighted by Crippen LogP contribution is -2.04. The highest BCUT2D eigenvalue weighted by atomic mass is 35.5. The molecule has 1 heterocycles. The van der Waals surface area contributed by atoms with Crippen LogP contribution in [0.15, 0.2) is 71.8 Å². The van der Waals surface area contributed by atoms with Crippen molar-refractivity contribution >= 4 is 45.8 Å². The van der Waals surface area contributed by atoms with E-state index in [0.717, 1.165) is 39.5 Å². The van der Waals surface area contributed by atoms with Gasteiger partial charge in [-0.2, -0.15) is 13.2 Å². The van der Waals surface area contributed by atoms with E-state index in [9.17, 15) is 13.2 Å². The highest BCUT2D eigenvalue weighted by Crippen LogP contribution is 2.36. The second kappa shape index (κ2) is 9.10. The van der Waals surface area contributed by atoms with Crippen molar-refractivity contribution in [2.75, 3.05) is 12.4 Å². The number of nitrogens with zero attached hydrogens (tertiary/aromatic N) is 1. The molecule has 0 amide bonds. The maximum atomic E-state index is 13.1. The Morgan fingerprint density at radius 1 is 1.03 bits per heavy atom. The van der Waals surface area contributed by atoms with Crippen molar-refractivity contribution in [3.8, 4) is 0 Å². The molecule has 0 aliphatic carbocycles. The smallest absolute Gasteiger partial charge is 0.354 e. The van der Waals surface area contributed by atoms with E-state index >= 15 is 0 Å². The van der Waals surface area contributed by atoms with Crippen LogP contribution in [-0.4, -0.2) is 11.0 Å². The van der Waals surface area contributed by atoms with Crippen molar-refractivity contribution in [1.29, 1.82) is 0 Å². The zero-order chi connectivity index (χ0) is 22.9. The lowest BCUT2D eigenvalue weighted by Gasteiger charge is -2.11. The quantitative estimate of drug-likeness (QED) is 0.300. The minimum Gasteiger partial charge on any atom is -0.354 e. The van der Waals surface area contributed by atoms with E-state index in [1.165, 1.54) is 24.1 Å². The second-order valence-electron chi connectivity index (χ2n) is 7.47. The number of hydrogen-bond acceptors (Lipinski definition) is 3. The summed E-state index contributed by atoms with van der Waals surface area (Å²) in [7, 11) is 1.86. The molecule has 2 N–H and O–H groups in total. The Labute approximate surface area is 193 Å². The number of fused-ring (bicyclic) bond motifs is 1. The number of aryl methyl sites for hydroxylation is 1. The third-order valence-corrected chi connectivity index (χ3v) is 6.27. The largest absolute Gasteiger partial charge is 0.416 e. The first kappa shape index (κ1) is 22.6. The third-order valence-electron chi connectivity index (χ3n) is 4.99. The summed E-state index contributed by atoms with van der Waals surface area (Å²) in [4.78, 5) is 0.507. The van der Waals surface area contributed by atoms with E-state index in [-0.39, 0.29) is 0 Å². The van der Waals surface area contributed by atoms with Gasteiger partial charge in [-0.05, 0) is 79.5 Å². The number of anilines is 2. The summed E-state index contributed by atoms with van der Waals surface area (Å²) in [5.41, 5.74) is 3.98. The first-order chi connectivity index (χ1) is 15.2. The fourth-order valence-corrected chi connectivity index (χ4v) is 4.73. The molecular formula is C24H21ClF3N3S. The normalized spacial score (nSPS) is 11.8. The summed E-state index contributed by atoms with van der Waals surface area (Å²) in [6, 6.07) is 17.1. The highest BCUT2D eigenvalue weighted by molar-refractivity contribution is 7.98. The Kier molecular flexibility index (Phi) is 6.42. The Bertz CT molecular complexity index is 1270. The molecule has 0 aliphatic heterocycles. The van der Waals surface area contributed by atoms with E-state index in [4.69, 9.17) is 11.6 Å². The first-order valence-corrected chi connectivity index (χ1v) is 11.1. The van der Waals surface area contributed by atoms with Crippen molar-refractivity contribution in [3.05, 3.63) is 88.6 Å². The van der Waals surface area contributed by atoms with Crippen LogP contribution >= 0.6 is 23.5 Å². The summed E-state index contributed by atoms with van der Waals surface area (Å²) in [5, 5.41) is 8.13. The fourth-order valence-electron chi connectivity index (χ4n) is 3.47. The van der Waals surface area contributed by atoms with Gasteiger partial charge < -0.3 is 10.6 Å². The average Bonchev–Trinajstić information content (AvgIpc) is 3.07. The molecule has 0 atom stereocenters. The van der Waals surface area contributed by atoms with Crippen LogP contribution in [0.1, 0.15) is 16.7 Å². The molecule has 0 aliphatic rings. The number of benzene rings is 3. The Morgan fingerprint density at radius 3 is 2.56 bits per heavy atom. The van der Waals surface area contributed by atoms with E-state index < -0.39 is 11.7 Å². The van der Waals surface area contributed by atoms with Crippen molar-refractivity contribution < 1.29 is 13.2 Å². The van der Waals surface area contributed by atoms with E-state index in [2.05, 4.69) is 10.6 Å². The van der Waals surface area contributed by atoms with Gasteiger partial charge in [-0.3, -0.25) is 3.97 Å². The first-order valence-electron chi connectivity index (χ1n) is 9.92. The maximum Gasteiger partial charge on any atom is 0.416 e. The molecule has 4 aromatic rings. The number of alkyl halides is 3. The standard InChI is InChI=1S/C24H21ClF3N3S/c1-15-6-9-22(21(25)10-15)30-18-7-8-20-16(13-29-2)14-31(23(20)12-18)32-19-5-3-4-17(11-19)24(26,27)28/h3-12,14,29-30H,13H2,1-2H3. The lowest BCUT2D eigenvalue weighted by molar-refractivity contribution is -0.137. The SMILES string of the molecule is CNCc1cn(Sc2cccc(C(F)(F)F)c2)c2cc(Nc3ccc(C)cc3Cl)ccc12. The van der Waals surface area contributed by atoms with Crippen molar-refractivity contribution in [2.45, 2.75) is 24.5 Å². The van der Waals surface area contributed by atoms with E-state index in [1.807, 2.05) is 60.5 Å². The van der Waals surface area contributed by atoms with Gasteiger partial charge in [0.1, 0.15) is 0 Å². The van der Waals surface area contributed by atoms with Gasteiger partial charge in [-0.25, -0.2) is 0 Å². The fraction of sp³-hybridized carbons (Fsp3) is 0.167. The third kappa shape index (κ3) is 4.90. The Balaban J connectivity index is 1.72. The lowest BCUT2D eigenvalue weighted by atomic mass is 10.1. The topological polar surface area (TPSA) is 29.0 Å². The Hall–Kier alpha value is -2.61. The molecule has 0 saturated carbocycles. The molecule has 0 radical (unpaired) electrons. The number of rotatable bonds is 6. The zero-order valence-corrected chi connectivity index (χ0v) is 19.0. The predicted octanol–water partition coefficient (Wildman–Crippen LogP) is 7.64. The molecule has 3 nitrogen and oxygen atoms in total. The van der Waals surface area contributed by atoms with Crippen LogP contribution in [0.2, 0.25) is 5.02 Å². The molecule has 4 rings (SSSR count). The summed E-state index contributed by atoms with van der Waals surface area (Å²) < 4.78 is 41.3. The predicted molar refractivity (Wildman–Crippen MR) is 127 cm³/mol. The van der Waals surface area contributed by atoms with Crippen LogP contribution in [0.4, 0.5) is 24.5 Å². The molecule has 0 fully saturated rings. The van der Waals surface area contributed by atoms with Crippen LogP contribution in [0.5, 0.6) is 0 Å². The molecule has 32 heavy (non-hydrogen) atoms. The van der Waals surface area contributed by atoms with Gasteiger partial charge in [0, 0.05) is 28.7 Å². The van der Waals surface area contributed by atoms with Crippen molar-refractivity contribution in [1.82, 2.24) is 9.29 Å². The summed E-state index contributed by atoms with van der Waals surface area (Å²) in [5.74, 6) is 0. The van der Waals surface area contributed by atoms with Gasteiger partial charge >= 0.3 is 6.18 Å². The molecule has 0 unspecified atom stereocenters. The molecule has 1 aromatic heterocycles. The van der Waals surface area contributed by atoms with Gasteiger partial charge in [0.15, 0.2) is 0 Å². The van der Waals surface area contributed by atoms with Gasteiger partial charge in [-0.1, -0.05) is 29.8 Å². The average molecular weight is 476 g/mol. The van der Waals surface area contributed by atoms with Gasteiger partial charge in [0.25, 0.3) is 0 Å². The van der Waals surface area contributed by atoms with Gasteiger partial charge in [0.2, 0.25) is 0 Å². The molecule has 8 heteroatoms. The maximum absolute atomic E-state index is 13.1. The Morgan fingerprint density at radius 2 is 1.84 bits per heavy atom. The number of halogens is 4. The molecular weight excluding hydrogens is 455 g/mol. The number of aromatic nitrogens is 1. The number of nitrogens with one attached hydrogen (secondary N) is 2. The minimum atomic E-state index is -4.38. The number of hydrogen-bond donors (Lipinski definition) is 2. The van der Waals surface area contributed by atoms with Crippen molar-refractivity contribution in [3.63, 3.8) is 0 Å². The molecule has 0 spiro atoms. The summed E-state index contributed by atoms with van der Waals surface area (Å²) >= 11 is 7.61. The van der Waals surface area contributed by atoms with E-state index in [0.29, 0.717) is 16.5 Å². The molecule has 166 valence electrons. The van der Waals surface area contributed by atoms with Crippen LogP contribution in [-0.2, 0) is 12.7 Å². The molecule has 0 bridgehead atoms. The van der Waals surface area contributed by atoms with Crippen molar-refractivity contribution in [2.24, 2.45) is 0 Å². The monoisotopic (exact) mass is 475 g/mol. The highest BCUT2D eigenvalue weighted by Gasteiger charge is 2.30. The molecule has 3 aromatic carbocycles. The van der Waals surface area contributed by atoms with Gasteiger partial charge in [0.05, 0.1) is 21.8 Å². The van der Waals surface area contributed by atoms with E-state index in [1.54, 1.807) is 6.07 Å². The van der Waals surface area contributed by atoms with Crippen LogP contribution in [0, 0.1) is 6.92 Å². The van der Waals surface area contributed by atoms with Crippen LogP contribution in [0.25, 0.3) is 10.9 Å². The zero-order valence-electron chi connectivity index (χ0n) is 17.4. The summed E-state index contributed by atoms with van der Waals surface area (Å²) in [6.07, 6.45) is -2.42.